The molecule has 0 aliphatic carbocycles. The standard InChI is InChI=1S/C14H16ClF3O2/c15-12-7-5-11(6-8-12)13(19)20-10-4-2-1-3-9-14(16,17)18/h5-8H,1-4,9-10H2. The Morgan fingerprint density at radius 1 is 1.05 bits per heavy atom. The third kappa shape index (κ3) is 7.38. The van der Waals surface area contributed by atoms with Gasteiger partial charge in [-0.2, -0.15) is 13.2 Å². The summed E-state index contributed by atoms with van der Waals surface area (Å²) in [7, 11) is 0. The predicted octanol–water partition coefficient (Wildman–Crippen LogP) is 5.01. The molecule has 0 heterocycles. The summed E-state index contributed by atoms with van der Waals surface area (Å²) in [5, 5.41) is 0.534. The van der Waals surface area contributed by atoms with Crippen molar-refractivity contribution in [2.75, 3.05) is 6.61 Å². The Labute approximate surface area is 120 Å². The van der Waals surface area contributed by atoms with E-state index in [9.17, 15) is 18.0 Å². The molecule has 0 radical (unpaired) electrons. The number of hydrogen-bond donors (Lipinski definition) is 0. The van der Waals surface area contributed by atoms with Crippen LogP contribution >= 0.6 is 11.6 Å². The average molecular weight is 309 g/mol. The summed E-state index contributed by atoms with van der Waals surface area (Å²) in [5.41, 5.74) is 0.409. The Hall–Kier alpha value is -1.23. The molecule has 0 spiro atoms. The lowest BCUT2D eigenvalue weighted by molar-refractivity contribution is -0.135. The van der Waals surface area contributed by atoms with Crippen LogP contribution in [0.4, 0.5) is 13.2 Å². The number of halogens is 4. The maximum absolute atomic E-state index is 11.9. The van der Waals surface area contributed by atoms with Crippen molar-refractivity contribution >= 4 is 17.6 Å². The molecule has 1 rings (SSSR count). The lowest BCUT2D eigenvalue weighted by Gasteiger charge is -2.06. The van der Waals surface area contributed by atoms with Crippen LogP contribution in [0, 0.1) is 0 Å². The molecule has 0 unspecified atom stereocenters. The summed E-state index contributed by atoms with van der Waals surface area (Å²) in [6.07, 6.45) is -3.05. The molecule has 0 N–H and O–H groups in total. The van der Waals surface area contributed by atoms with E-state index in [0.717, 1.165) is 0 Å². The van der Waals surface area contributed by atoms with Crippen LogP contribution < -0.4 is 0 Å². The number of alkyl halides is 3. The van der Waals surface area contributed by atoms with Crippen LogP contribution in [0.5, 0.6) is 0 Å². The van der Waals surface area contributed by atoms with Crippen molar-refractivity contribution in [1.82, 2.24) is 0 Å². The van der Waals surface area contributed by atoms with E-state index in [4.69, 9.17) is 16.3 Å². The molecule has 0 amide bonds. The van der Waals surface area contributed by atoms with Crippen molar-refractivity contribution in [2.24, 2.45) is 0 Å². The zero-order valence-electron chi connectivity index (χ0n) is 10.9. The van der Waals surface area contributed by atoms with E-state index in [2.05, 4.69) is 0 Å². The Morgan fingerprint density at radius 2 is 1.65 bits per heavy atom. The second-order valence-electron chi connectivity index (χ2n) is 4.42. The van der Waals surface area contributed by atoms with E-state index in [1.54, 1.807) is 24.3 Å². The van der Waals surface area contributed by atoms with E-state index >= 15 is 0 Å². The van der Waals surface area contributed by atoms with Crippen LogP contribution in [0.25, 0.3) is 0 Å². The highest BCUT2D eigenvalue weighted by Gasteiger charge is 2.25. The highest BCUT2D eigenvalue weighted by atomic mass is 35.5. The van der Waals surface area contributed by atoms with E-state index in [0.29, 0.717) is 29.8 Å². The number of carbonyl (C=O) groups excluding carboxylic acids is 1. The zero-order chi connectivity index (χ0) is 15.0. The minimum Gasteiger partial charge on any atom is -0.462 e. The van der Waals surface area contributed by atoms with Gasteiger partial charge in [0.25, 0.3) is 0 Å². The Morgan fingerprint density at radius 3 is 2.25 bits per heavy atom. The SMILES string of the molecule is O=C(OCCCCCCC(F)(F)F)c1ccc(Cl)cc1. The molecule has 0 aliphatic heterocycles. The minimum atomic E-state index is -4.08. The van der Waals surface area contributed by atoms with Gasteiger partial charge in [0.15, 0.2) is 0 Å². The fourth-order valence-electron chi connectivity index (χ4n) is 1.62. The van der Waals surface area contributed by atoms with Crippen molar-refractivity contribution in [3.8, 4) is 0 Å². The predicted molar refractivity (Wildman–Crippen MR) is 70.9 cm³/mol. The van der Waals surface area contributed by atoms with Crippen molar-refractivity contribution in [3.05, 3.63) is 34.9 Å². The number of rotatable bonds is 7. The third-order valence-electron chi connectivity index (χ3n) is 2.67. The van der Waals surface area contributed by atoms with E-state index in [-0.39, 0.29) is 13.0 Å². The minimum absolute atomic E-state index is 0.120. The molecular weight excluding hydrogens is 293 g/mol. The van der Waals surface area contributed by atoms with E-state index in [1.807, 2.05) is 0 Å². The van der Waals surface area contributed by atoms with Crippen molar-refractivity contribution in [2.45, 2.75) is 38.3 Å². The van der Waals surface area contributed by atoms with E-state index < -0.39 is 18.6 Å². The summed E-state index contributed by atoms with van der Waals surface area (Å²) in [4.78, 5) is 11.6. The maximum atomic E-state index is 11.9. The molecule has 0 aliphatic rings. The number of unbranched alkanes of at least 4 members (excludes halogenated alkanes) is 3. The molecular formula is C14H16ClF3O2. The molecule has 0 aromatic heterocycles. The fourth-order valence-corrected chi connectivity index (χ4v) is 1.74. The molecule has 20 heavy (non-hydrogen) atoms. The number of benzene rings is 1. The molecule has 0 saturated carbocycles. The number of ether oxygens (including phenoxy) is 1. The van der Waals surface area contributed by atoms with Gasteiger partial charge in [-0.15, -0.1) is 0 Å². The first-order valence-corrected chi connectivity index (χ1v) is 6.76. The van der Waals surface area contributed by atoms with E-state index in [1.165, 1.54) is 0 Å². The fraction of sp³-hybridized carbons (Fsp3) is 0.500. The topological polar surface area (TPSA) is 26.3 Å². The first-order chi connectivity index (χ1) is 9.38. The third-order valence-corrected chi connectivity index (χ3v) is 2.92. The zero-order valence-corrected chi connectivity index (χ0v) is 11.6. The Kier molecular flexibility index (Phi) is 6.85. The van der Waals surface area contributed by atoms with Gasteiger partial charge < -0.3 is 4.74 Å². The molecule has 2 nitrogen and oxygen atoms in total. The summed E-state index contributed by atoms with van der Waals surface area (Å²) in [6.45, 7) is 0.216. The normalized spacial score (nSPS) is 11.4. The summed E-state index contributed by atoms with van der Waals surface area (Å²) in [5.74, 6) is -0.447. The number of hydrogen-bond acceptors (Lipinski definition) is 2. The lowest BCUT2D eigenvalue weighted by atomic mass is 10.1. The smallest absolute Gasteiger partial charge is 0.389 e. The quantitative estimate of drug-likeness (QED) is 0.523. The van der Waals surface area contributed by atoms with Crippen LogP contribution in [0.2, 0.25) is 5.02 Å². The molecule has 112 valence electrons. The average Bonchev–Trinajstić information content (AvgIpc) is 2.37. The highest BCUT2D eigenvalue weighted by Crippen LogP contribution is 2.22. The largest absolute Gasteiger partial charge is 0.462 e. The maximum Gasteiger partial charge on any atom is 0.389 e. The van der Waals surface area contributed by atoms with Gasteiger partial charge in [-0.25, -0.2) is 4.79 Å². The Balaban J connectivity index is 2.09. The molecule has 0 saturated heterocycles. The van der Waals surface area contributed by atoms with Gasteiger partial charge in [0.05, 0.1) is 12.2 Å². The van der Waals surface area contributed by atoms with Crippen LogP contribution in [-0.2, 0) is 4.74 Å². The second kappa shape index (κ2) is 8.15. The van der Waals surface area contributed by atoms with Crippen LogP contribution in [0.1, 0.15) is 42.5 Å². The van der Waals surface area contributed by atoms with Crippen LogP contribution in [0.3, 0.4) is 0 Å². The van der Waals surface area contributed by atoms with Gasteiger partial charge in [0, 0.05) is 11.4 Å². The van der Waals surface area contributed by atoms with Gasteiger partial charge in [-0.1, -0.05) is 24.4 Å². The summed E-state index contributed by atoms with van der Waals surface area (Å²) < 4.78 is 40.6. The van der Waals surface area contributed by atoms with Gasteiger partial charge >= 0.3 is 12.1 Å². The first kappa shape index (κ1) is 16.8. The highest BCUT2D eigenvalue weighted by molar-refractivity contribution is 6.30. The molecule has 0 atom stereocenters. The van der Waals surface area contributed by atoms with Gasteiger partial charge in [0.2, 0.25) is 0 Å². The van der Waals surface area contributed by atoms with Gasteiger partial charge in [-0.3, -0.25) is 0 Å². The molecule has 1 aromatic rings. The summed E-state index contributed by atoms with van der Waals surface area (Å²) >= 11 is 5.69. The van der Waals surface area contributed by atoms with Crippen molar-refractivity contribution < 1.29 is 22.7 Å². The number of carbonyl (C=O) groups is 1. The second-order valence-corrected chi connectivity index (χ2v) is 4.86. The molecule has 0 bridgehead atoms. The van der Waals surface area contributed by atoms with Crippen molar-refractivity contribution in [1.29, 1.82) is 0 Å². The van der Waals surface area contributed by atoms with Gasteiger partial charge in [0.1, 0.15) is 0 Å². The van der Waals surface area contributed by atoms with Gasteiger partial charge in [-0.05, 0) is 37.1 Å². The molecule has 6 heteroatoms. The molecule has 1 aromatic carbocycles. The van der Waals surface area contributed by atoms with Crippen LogP contribution in [0.15, 0.2) is 24.3 Å². The molecule has 0 fully saturated rings. The first-order valence-electron chi connectivity index (χ1n) is 6.38. The van der Waals surface area contributed by atoms with Crippen molar-refractivity contribution in [3.63, 3.8) is 0 Å². The number of esters is 1. The Bertz CT molecular complexity index is 415. The van der Waals surface area contributed by atoms with Crippen LogP contribution in [-0.4, -0.2) is 18.8 Å². The lowest BCUT2D eigenvalue weighted by Crippen LogP contribution is -2.07. The summed E-state index contributed by atoms with van der Waals surface area (Å²) in [6, 6.07) is 6.31. The monoisotopic (exact) mass is 308 g/mol.